The van der Waals surface area contributed by atoms with Crippen LogP contribution in [-0.2, 0) is 19.4 Å². The first-order valence-corrected chi connectivity index (χ1v) is 12.0. The first-order valence-electron chi connectivity index (χ1n) is 12.0. The molecule has 2 aromatic carbocycles. The van der Waals surface area contributed by atoms with Crippen molar-refractivity contribution in [2.24, 2.45) is 0 Å². The summed E-state index contributed by atoms with van der Waals surface area (Å²) in [6.45, 7) is 5.59. The smallest absolute Gasteiger partial charge is 0.231 e. The predicted octanol–water partition coefficient (Wildman–Crippen LogP) is 3.52. The molecule has 0 bridgehead atoms. The minimum atomic E-state index is 0. The molecule has 0 aliphatic carbocycles. The summed E-state index contributed by atoms with van der Waals surface area (Å²) in [6, 6.07) is 8.39. The highest BCUT2D eigenvalue weighted by Gasteiger charge is 2.22. The topological polar surface area (TPSA) is 119 Å². The third-order valence-corrected chi connectivity index (χ3v) is 6.91. The van der Waals surface area contributed by atoms with Gasteiger partial charge < -0.3 is 34.8 Å². The third-order valence-electron chi connectivity index (χ3n) is 6.91. The first kappa shape index (κ1) is 36.8. The number of aromatic nitrogens is 1. The highest BCUT2D eigenvalue weighted by atomic mass is 35.5. The Labute approximate surface area is 248 Å². The second-order valence-corrected chi connectivity index (χ2v) is 9.13. The molecule has 39 heavy (non-hydrogen) atoms. The number of benzene rings is 2. The van der Waals surface area contributed by atoms with Crippen molar-refractivity contribution in [3.63, 3.8) is 0 Å². The zero-order chi connectivity index (χ0) is 23.5. The van der Waals surface area contributed by atoms with Crippen LogP contribution in [-0.4, -0.2) is 80.0 Å². The molecule has 12 heteroatoms. The number of ether oxygens (including phenoxy) is 4. The number of halogens is 3. The molecule has 0 spiro atoms. The fourth-order valence-corrected chi connectivity index (χ4v) is 4.94. The molecule has 0 amide bonds. The molecule has 5 rings (SSSR count). The molecular weight excluding hydrogens is 569 g/mol. The summed E-state index contributed by atoms with van der Waals surface area (Å²) in [5.74, 6) is 3.27. The normalized spacial score (nSPS) is 13.1. The number of nitrogens with zero attached hydrogens (tertiary/aromatic N) is 3. The quantitative estimate of drug-likeness (QED) is 0.365. The number of hydrogen-bond donors (Lipinski definition) is 0. The first-order chi connectivity index (χ1) is 16.6. The largest absolute Gasteiger partial charge is 0.493 e. The van der Waals surface area contributed by atoms with Gasteiger partial charge in [-0.25, -0.2) is 0 Å². The highest BCUT2D eigenvalue weighted by molar-refractivity contribution is 5.88. The monoisotopic (exact) mass is 607 g/mol. The van der Waals surface area contributed by atoms with Gasteiger partial charge in [0.05, 0.1) is 14.2 Å². The number of likely N-dealkylation sites (N-methyl/N-ethyl adjacent to an activating group) is 1. The molecule has 3 heterocycles. The van der Waals surface area contributed by atoms with Gasteiger partial charge in [0.2, 0.25) is 6.79 Å². The van der Waals surface area contributed by atoms with Gasteiger partial charge in [0, 0.05) is 37.4 Å². The Morgan fingerprint density at radius 1 is 0.897 bits per heavy atom. The lowest BCUT2D eigenvalue weighted by Crippen LogP contribution is -2.33. The van der Waals surface area contributed by atoms with Gasteiger partial charge in [-0.2, -0.15) is 0 Å². The van der Waals surface area contributed by atoms with Gasteiger partial charge in [0.15, 0.2) is 23.0 Å². The molecule has 9 nitrogen and oxygen atoms in total. The summed E-state index contributed by atoms with van der Waals surface area (Å²) >= 11 is 0. The Hall–Kier alpha value is -2.24. The number of methoxy groups -OCH3 is 2. The van der Waals surface area contributed by atoms with Crippen molar-refractivity contribution in [1.82, 2.24) is 14.8 Å². The average molecular weight is 609 g/mol. The maximum atomic E-state index is 5.56. The van der Waals surface area contributed by atoms with E-state index in [1.54, 1.807) is 14.2 Å². The molecule has 4 N–H and O–H groups in total. The molecule has 2 aliphatic rings. The van der Waals surface area contributed by atoms with Crippen molar-refractivity contribution in [2.75, 3.05) is 54.2 Å². The average Bonchev–Trinajstić information content (AvgIpc) is 3.32. The van der Waals surface area contributed by atoms with E-state index in [1.807, 2.05) is 18.5 Å². The maximum Gasteiger partial charge on any atom is 0.231 e. The van der Waals surface area contributed by atoms with E-state index in [1.165, 1.54) is 22.1 Å². The summed E-state index contributed by atoms with van der Waals surface area (Å²) in [5.41, 5.74) is 4.01. The predicted molar refractivity (Wildman–Crippen MR) is 161 cm³/mol. The van der Waals surface area contributed by atoms with Crippen molar-refractivity contribution in [1.29, 1.82) is 0 Å². The van der Waals surface area contributed by atoms with Gasteiger partial charge in [-0.3, -0.25) is 9.88 Å². The van der Waals surface area contributed by atoms with E-state index in [0.29, 0.717) is 6.79 Å². The summed E-state index contributed by atoms with van der Waals surface area (Å²) in [7, 11) is 5.54. The minimum absolute atomic E-state index is 0. The van der Waals surface area contributed by atoms with E-state index in [-0.39, 0.29) is 48.2 Å². The van der Waals surface area contributed by atoms with Crippen LogP contribution in [0.15, 0.2) is 36.7 Å². The lowest BCUT2D eigenvalue weighted by Gasteiger charge is -2.29. The van der Waals surface area contributed by atoms with Crippen LogP contribution in [0.5, 0.6) is 23.0 Å². The summed E-state index contributed by atoms with van der Waals surface area (Å²) in [4.78, 5) is 9.41. The zero-order valence-corrected chi connectivity index (χ0v) is 25.0. The number of hydrogen-bond acceptors (Lipinski definition) is 7. The fraction of sp³-hybridized carbons (Fsp3) is 0.444. The van der Waals surface area contributed by atoms with E-state index in [9.17, 15) is 0 Å². The van der Waals surface area contributed by atoms with Crippen molar-refractivity contribution >= 4 is 48.0 Å². The van der Waals surface area contributed by atoms with Gasteiger partial charge >= 0.3 is 0 Å². The molecule has 0 fully saturated rings. The molecule has 0 saturated heterocycles. The van der Waals surface area contributed by atoms with Crippen molar-refractivity contribution < 1.29 is 29.9 Å². The zero-order valence-electron chi connectivity index (χ0n) is 22.5. The Balaban J connectivity index is 0.00000289. The van der Waals surface area contributed by atoms with E-state index < -0.39 is 0 Å². The van der Waals surface area contributed by atoms with Crippen molar-refractivity contribution in [3.05, 3.63) is 53.3 Å². The Kier molecular flexibility index (Phi) is 15.8. The lowest BCUT2D eigenvalue weighted by molar-refractivity contribution is 0.174. The van der Waals surface area contributed by atoms with Gasteiger partial charge in [0.25, 0.3) is 0 Å². The molecule has 3 aromatic rings. The molecule has 1 aromatic heterocycles. The van der Waals surface area contributed by atoms with Crippen LogP contribution in [0.2, 0.25) is 0 Å². The van der Waals surface area contributed by atoms with Crippen LogP contribution in [0.25, 0.3) is 10.8 Å². The Bertz CT molecular complexity index is 1190. The van der Waals surface area contributed by atoms with Crippen LogP contribution in [0.3, 0.4) is 0 Å². The maximum absolute atomic E-state index is 5.56. The van der Waals surface area contributed by atoms with E-state index >= 15 is 0 Å². The standard InChI is InChI=1S/C27H33N3O4.3ClH.2H2O/c1-29(9-5-20-15-28-16-21-12-24(31-2)25(32-3)14-23(20)21)7-4-8-30-10-6-19-11-26-27(34-18-33-26)13-22(19)17-30;;;;;/h11-16H,4-10,17-18H2,1-3H3;3*1H;2*1H2. The van der Waals surface area contributed by atoms with Crippen LogP contribution >= 0.6 is 37.2 Å². The SMILES string of the molecule is COc1cc2cncc(CCN(C)CCCN3CCc4cc5c(cc4C3)OCO5)c2cc1OC.Cl.Cl.Cl.O.O. The lowest BCUT2D eigenvalue weighted by atomic mass is 9.99. The van der Waals surface area contributed by atoms with E-state index in [2.05, 4.69) is 40.0 Å². The molecule has 0 atom stereocenters. The Morgan fingerprint density at radius 2 is 1.56 bits per heavy atom. The van der Waals surface area contributed by atoms with Crippen LogP contribution in [0.1, 0.15) is 23.1 Å². The summed E-state index contributed by atoms with van der Waals surface area (Å²) < 4.78 is 22.0. The van der Waals surface area contributed by atoms with Gasteiger partial charge in [-0.05, 0) is 85.7 Å². The molecule has 0 unspecified atom stereocenters. The third kappa shape index (κ3) is 8.38. The van der Waals surface area contributed by atoms with Crippen LogP contribution in [0, 0.1) is 0 Å². The molecule has 220 valence electrons. The highest BCUT2D eigenvalue weighted by Crippen LogP contribution is 2.37. The van der Waals surface area contributed by atoms with Crippen molar-refractivity contribution in [2.45, 2.75) is 25.8 Å². The summed E-state index contributed by atoms with van der Waals surface area (Å²) in [6.07, 6.45) is 7.02. The number of fused-ring (bicyclic) bond motifs is 3. The number of pyridine rings is 1. The van der Waals surface area contributed by atoms with Crippen LogP contribution in [0.4, 0.5) is 0 Å². The van der Waals surface area contributed by atoms with E-state index in [4.69, 9.17) is 18.9 Å². The fourth-order valence-electron chi connectivity index (χ4n) is 4.94. The molecular formula is C27H40Cl3N3O6. The number of rotatable bonds is 9. The van der Waals surface area contributed by atoms with Gasteiger partial charge in [-0.1, -0.05) is 0 Å². The summed E-state index contributed by atoms with van der Waals surface area (Å²) in [5, 5.41) is 2.25. The van der Waals surface area contributed by atoms with Crippen molar-refractivity contribution in [3.8, 4) is 23.0 Å². The molecule has 0 saturated carbocycles. The second kappa shape index (κ2) is 16.8. The Morgan fingerprint density at radius 3 is 2.26 bits per heavy atom. The van der Waals surface area contributed by atoms with E-state index in [0.717, 1.165) is 80.4 Å². The molecule has 2 aliphatic heterocycles. The minimum Gasteiger partial charge on any atom is -0.493 e. The van der Waals surface area contributed by atoms with Crippen LogP contribution < -0.4 is 18.9 Å². The van der Waals surface area contributed by atoms with Gasteiger partial charge in [-0.15, -0.1) is 37.2 Å². The molecule has 0 radical (unpaired) electrons. The second-order valence-electron chi connectivity index (χ2n) is 9.13. The van der Waals surface area contributed by atoms with Gasteiger partial charge in [0.1, 0.15) is 0 Å².